The molecule has 0 radical (unpaired) electrons. The molecule has 0 aliphatic carbocycles. The molecule has 1 aromatic carbocycles. The van der Waals surface area contributed by atoms with Gasteiger partial charge < -0.3 is 9.84 Å². The molecule has 0 saturated carbocycles. The van der Waals surface area contributed by atoms with E-state index in [0.717, 1.165) is 17.1 Å². The van der Waals surface area contributed by atoms with Gasteiger partial charge in [0.2, 0.25) is 0 Å². The average molecular weight is 148 g/mol. The Morgan fingerprint density at radius 1 is 1.45 bits per heavy atom. The van der Waals surface area contributed by atoms with Gasteiger partial charge >= 0.3 is 0 Å². The van der Waals surface area contributed by atoms with Crippen LogP contribution in [0.25, 0.3) is 6.08 Å². The third kappa shape index (κ3) is 1.12. The van der Waals surface area contributed by atoms with Gasteiger partial charge in [-0.1, -0.05) is 24.3 Å². The minimum absolute atomic E-state index is 0.0731. The van der Waals surface area contributed by atoms with E-state index in [2.05, 4.69) is 0 Å². The van der Waals surface area contributed by atoms with Gasteiger partial charge in [-0.15, -0.1) is 0 Å². The normalized spacial score (nSPS) is 12.8. The van der Waals surface area contributed by atoms with Crippen LogP contribution in [0, 0.1) is 0 Å². The lowest BCUT2D eigenvalue weighted by atomic mass is 10.2. The van der Waals surface area contributed by atoms with Crippen molar-refractivity contribution < 1.29 is 9.84 Å². The Balaban J connectivity index is 2.28. The van der Waals surface area contributed by atoms with Crippen LogP contribution in [0.15, 0.2) is 24.3 Å². The van der Waals surface area contributed by atoms with Crippen LogP contribution in [0.2, 0.25) is 0 Å². The lowest BCUT2D eigenvalue weighted by Gasteiger charge is -1.84. The number of hydrogen-bond acceptors (Lipinski definition) is 2. The number of hydrogen-bond donors (Lipinski definition) is 1. The van der Waals surface area contributed by atoms with Crippen LogP contribution in [0.5, 0.6) is 11.5 Å². The zero-order chi connectivity index (χ0) is 7.68. The van der Waals surface area contributed by atoms with Crippen LogP contribution < -0.4 is 4.74 Å². The quantitative estimate of drug-likeness (QED) is 0.658. The Kier molecular flexibility index (Phi) is 1.40. The molecule has 2 nitrogen and oxygen atoms in total. The molecule has 1 aromatic rings. The van der Waals surface area contributed by atoms with Crippen molar-refractivity contribution in [1.82, 2.24) is 0 Å². The second-order valence-corrected chi connectivity index (χ2v) is 2.36. The highest BCUT2D eigenvalue weighted by Gasteiger charge is 2.21. The summed E-state index contributed by atoms with van der Waals surface area (Å²) in [7, 11) is 0. The van der Waals surface area contributed by atoms with E-state index < -0.39 is 0 Å². The predicted molar refractivity (Wildman–Crippen MR) is 42.6 cm³/mol. The SMILES string of the molecule is OCC=Cc1cccc2c1O2. The van der Waals surface area contributed by atoms with Gasteiger partial charge in [0.25, 0.3) is 0 Å². The molecular formula is C9H8O2. The van der Waals surface area contributed by atoms with Crippen molar-refractivity contribution in [2.45, 2.75) is 0 Å². The molecule has 0 aromatic heterocycles. The van der Waals surface area contributed by atoms with Crippen molar-refractivity contribution in [2.24, 2.45) is 0 Å². The number of fused-ring (bicyclic) bond motifs is 1. The first-order chi connectivity index (χ1) is 5.42. The van der Waals surface area contributed by atoms with Gasteiger partial charge in [-0.25, -0.2) is 0 Å². The van der Waals surface area contributed by atoms with E-state index in [1.165, 1.54) is 0 Å². The summed E-state index contributed by atoms with van der Waals surface area (Å²) >= 11 is 0. The zero-order valence-electron chi connectivity index (χ0n) is 5.95. The standard InChI is InChI=1S/C9H8O2/c10-6-2-4-7-3-1-5-8-9(7)11-8/h1-5,10H,6H2. The monoisotopic (exact) mass is 148 g/mol. The molecule has 0 atom stereocenters. The molecule has 0 unspecified atom stereocenters. The number of ether oxygens (including phenoxy) is 1. The number of benzene rings is 1. The molecule has 0 spiro atoms. The van der Waals surface area contributed by atoms with Crippen molar-refractivity contribution in [3.8, 4) is 11.5 Å². The van der Waals surface area contributed by atoms with Crippen molar-refractivity contribution in [1.29, 1.82) is 0 Å². The van der Waals surface area contributed by atoms with Gasteiger partial charge in [-0.05, 0) is 6.07 Å². The van der Waals surface area contributed by atoms with Crippen LogP contribution in [-0.2, 0) is 0 Å². The number of aliphatic hydroxyl groups is 1. The molecule has 0 saturated heterocycles. The first-order valence-corrected chi connectivity index (χ1v) is 3.50. The Morgan fingerprint density at radius 2 is 2.36 bits per heavy atom. The Labute approximate surface area is 64.7 Å². The maximum atomic E-state index is 8.51. The molecule has 1 aliphatic rings. The van der Waals surface area contributed by atoms with Gasteiger partial charge in [0.05, 0.1) is 6.61 Å². The fourth-order valence-electron chi connectivity index (χ4n) is 1.02. The van der Waals surface area contributed by atoms with Crippen LogP contribution in [0.4, 0.5) is 0 Å². The van der Waals surface area contributed by atoms with Gasteiger partial charge in [0.1, 0.15) is 0 Å². The number of aliphatic hydroxyl groups excluding tert-OH is 1. The Hall–Kier alpha value is -1.28. The molecule has 1 aliphatic heterocycles. The lowest BCUT2D eigenvalue weighted by Crippen LogP contribution is -1.70. The maximum absolute atomic E-state index is 8.51. The second kappa shape index (κ2) is 2.40. The van der Waals surface area contributed by atoms with Crippen LogP contribution in [0.1, 0.15) is 5.56 Å². The molecule has 2 rings (SSSR count). The molecular weight excluding hydrogens is 140 g/mol. The van der Waals surface area contributed by atoms with E-state index in [1.807, 2.05) is 24.3 Å². The molecule has 0 amide bonds. The van der Waals surface area contributed by atoms with Crippen LogP contribution in [0.3, 0.4) is 0 Å². The first-order valence-electron chi connectivity index (χ1n) is 3.50. The Morgan fingerprint density at radius 3 is 3.18 bits per heavy atom. The molecule has 1 heterocycles. The zero-order valence-corrected chi connectivity index (χ0v) is 5.95. The van der Waals surface area contributed by atoms with E-state index in [1.54, 1.807) is 6.08 Å². The van der Waals surface area contributed by atoms with Crippen molar-refractivity contribution >= 4 is 6.08 Å². The lowest BCUT2D eigenvalue weighted by molar-refractivity contribution is 0.343. The third-order valence-electron chi connectivity index (χ3n) is 1.58. The highest BCUT2D eigenvalue weighted by molar-refractivity contribution is 5.69. The minimum Gasteiger partial charge on any atom is -0.449 e. The van der Waals surface area contributed by atoms with Crippen molar-refractivity contribution in [3.05, 3.63) is 29.8 Å². The molecule has 2 heteroatoms. The highest BCUT2D eigenvalue weighted by Crippen LogP contribution is 2.48. The summed E-state index contributed by atoms with van der Waals surface area (Å²) in [6.45, 7) is 0.0731. The molecule has 1 N–H and O–H groups in total. The summed E-state index contributed by atoms with van der Waals surface area (Å²) in [5.41, 5.74) is 1.04. The second-order valence-electron chi connectivity index (χ2n) is 2.36. The van der Waals surface area contributed by atoms with Crippen LogP contribution in [-0.4, -0.2) is 11.7 Å². The van der Waals surface area contributed by atoms with Crippen molar-refractivity contribution in [2.75, 3.05) is 6.61 Å². The minimum atomic E-state index is 0.0731. The summed E-state index contributed by atoms with van der Waals surface area (Å²) in [4.78, 5) is 0. The first kappa shape index (κ1) is 6.43. The molecule has 0 fully saturated rings. The summed E-state index contributed by atoms with van der Waals surface area (Å²) in [6, 6.07) is 5.81. The highest BCUT2D eigenvalue weighted by atomic mass is 16.6. The van der Waals surface area contributed by atoms with E-state index in [4.69, 9.17) is 9.84 Å². The fraction of sp³-hybridized carbons (Fsp3) is 0.111. The van der Waals surface area contributed by atoms with Crippen molar-refractivity contribution in [3.63, 3.8) is 0 Å². The van der Waals surface area contributed by atoms with E-state index in [0.29, 0.717) is 0 Å². The molecule has 0 bridgehead atoms. The number of rotatable bonds is 2. The predicted octanol–water partition coefficient (Wildman–Crippen LogP) is 1.80. The molecule has 56 valence electrons. The smallest absolute Gasteiger partial charge is 0.177 e. The number of para-hydroxylation sites is 1. The summed E-state index contributed by atoms with van der Waals surface area (Å²) < 4.78 is 5.13. The van der Waals surface area contributed by atoms with Gasteiger partial charge in [-0.2, -0.15) is 0 Å². The van der Waals surface area contributed by atoms with Gasteiger partial charge in [-0.3, -0.25) is 0 Å². The van der Waals surface area contributed by atoms with Gasteiger partial charge in [0.15, 0.2) is 11.5 Å². The summed E-state index contributed by atoms with van der Waals surface area (Å²) in [5.74, 6) is 1.89. The Bertz CT molecular complexity index is 302. The van der Waals surface area contributed by atoms with E-state index >= 15 is 0 Å². The average Bonchev–Trinajstić information content (AvgIpc) is 2.79. The topological polar surface area (TPSA) is 32.8 Å². The third-order valence-corrected chi connectivity index (χ3v) is 1.58. The van der Waals surface area contributed by atoms with Gasteiger partial charge in [0, 0.05) is 5.56 Å². The fourth-order valence-corrected chi connectivity index (χ4v) is 1.02. The maximum Gasteiger partial charge on any atom is 0.177 e. The summed E-state index contributed by atoms with van der Waals surface area (Å²) in [5, 5.41) is 8.51. The molecule has 11 heavy (non-hydrogen) atoms. The largest absolute Gasteiger partial charge is 0.449 e. The van der Waals surface area contributed by atoms with E-state index in [-0.39, 0.29) is 6.61 Å². The van der Waals surface area contributed by atoms with Crippen LogP contribution >= 0.6 is 0 Å². The summed E-state index contributed by atoms with van der Waals surface area (Å²) in [6.07, 6.45) is 3.54. The van der Waals surface area contributed by atoms with E-state index in [9.17, 15) is 0 Å².